The van der Waals surface area contributed by atoms with Crippen LogP contribution in [0.4, 0.5) is 17.1 Å². The molecule has 0 saturated heterocycles. The van der Waals surface area contributed by atoms with E-state index >= 15 is 0 Å². The number of fused-ring (bicyclic) bond motifs is 9. The first-order chi connectivity index (χ1) is 26.8. The van der Waals surface area contributed by atoms with Crippen LogP contribution < -0.4 is 4.90 Å². The fourth-order valence-corrected chi connectivity index (χ4v) is 9.66. The zero-order chi connectivity index (χ0) is 35.6. The van der Waals surface area contributed by atoms with Crippen molar-refractivity contribution in [2.45, 2.75) is 0 Å². The minimum absolute atomic E-state index is 1.12. The van der Waals surface area contributed by atoms with Crippen molar-refractivity contribution in [1.29, 1.82) is 0 Å². The summed E-state index contributed by atoms with van der Waals surface area (Å²) in [7, 11) is 0. The monoisotopic (exact) mass is 703 g/mol. The quantitative estimate of drug-likeness (QED) is 0.161. The van der Waals surface area contributed by atoms with Crippen LogP contribution in [-0.2, 0) is 0 Å². The summed E-state index contributed by atoms with van der Waals surface area (Å²) in [5.74, 6) is 0. The first-order valence-electron chi connectivity index (χ1n) is 18.5. The van der Waals surface area contributed by atoms with Crippen LogP contribution in [-0.4, -0.2) is 0 Å². The largest absolute Gasteiger partial charge is 0.310 e. The molecule has 1 nitrogen and oxygen atoms in total. The van der Waals surface area contributed by atoms with Crippen LogP contribution in [0.25, 0.3) is 85.5 Å². The number of hydrogen-bond donors (Lipinski definition) is 0. The average molecular weight is 704 g/mol. The number of anilines is 3. The van der Waals surface area contributed by atoms with Crippen molar-refractivity contribution >= 4 is 91.7 Å². The van der Waals surface area contributed by atoms with Crippen LogP contribution in [0.1, 0.15) is 0 Å². The first-order valence-corrected chi connectivity index (χ1v) is 19.3. The second-order valence-electron chi connectivity index (χ2n) is 14.1. The highest BCUT2D eigenvalue weighted by atomic mass is 32.1. The fourth-order valence-electron chi connectivity index (χ4n) is 8.54. The van der Waals surface area contributed by atoms with E-state index in [0.717, 1.165) is 11.4 Å². The molecule has 0 spiro atoms. The molecular formula is C52H33NS. The van der Waals surface area contributed by atoms with E-state index in [-0.39, 0.29) is 0 Å². The van der Waals surface area contributed by atoms with Gasteiger partial charge >= 0.3 is 0 Å². The van der Waals surface area contributed by atoms with E-state index in [1.165, 1.54) is 91.2 Å². The molecule has 0 amide bonds. The summed E-state index contributed by atoms with van der Waals surface area (Å²) < 4.78 is 2.59. The minimum atomic E-state index is 1.12. The van der Waals surface area contributed by atoms with Gasteiger partial charge in [0.25, 0.3) is 0 Å². The summed E-state index contributed by atoms with van der Waals surface area (Å²) in [6.07, 6.45) is 0. The molecule has 11 rings (SSSR count). The van der Waals surface area contributed by atoms with Gasteiger partial charge in [0.1, 0.15) is 0 Å². The van der Waals surface area contributed by atoms with Gasteiger partial charge in [-0.2, -0.15) is 0 Å². The molecule has 252 valence electrons. The van der Waals surface area contributed by atoms with Gasteiger partial charge in [-0.05, 0) is 120 Å². The van der Waals surface area contributed by atoms with E-state index in [1.807, 2.05) is 11.3 Å². The molecular weight excluding hydrogens is 671 g/mol. The zero-order valence-electron chi connectivity index (χ0n) is 29.4. The highest BCUT2D eigenvalue weighted by molar-refractivity contribution is 7.26. The Kier molecular flexibility index (Phi) is 7.11. The van der Waals surface area contributed by atoms with E-state index in [1.54, 1.807) is 0 Å². The Morgan fingerprint density at radius 3 is 1.28 bits per heavy atom. The lowest BCUT2D eigenvalue weighted by molar-refractivity contribution is 1.30. The Morgan fingerprint density at radius 1 is 0.315 bits per heavy atom. The number of hydrogen-bond acceptors (Lipinski definition) is 2. The summed E-state index contributed by atoms with van der Waals surface area (Å²) in [6.45, 7) is 0. The maximum atomic E-state index is 2.44. The minimum Gasteiger partial charge on any atom is -0.310 e. The average Bonchev–Trinajstić information content (AvgIpc) is 3.63. The van der Waals surface area contributed by atoms with Gasteiger partial charge < -0.3 is 4.90 Å². The van der Waals surface area contributed by atoms with Gasteiger partial charge in [0.05, 0.1) is 5.69 Å². The summed E-state index contributed by atoms with van der Waals surface area (Å²) in [6, 6.07) is 73.5. The van der Waals surface area contributed by atoms with Crippen molar-refractivity contribution in [2.24, 2.45) is 0 Å². The molecule has 0 aliphatic carbocycles. The van der Waals surface area contributed by atoms with E-state index in [9.17, 15) is 0 Å². The zero-order valence-corrected chi connectivity index (χ0v) is 30.2. The second kappa shape index (κ2) is 12.4. The van der Waals surface area contributed by atoms with Gasteiger partial charge in [0, 0.05) is 31.5 Å². The van der Waals surface area contributed by atoms with Gasteiger partial charge in [0.15, 0.2) is 0 Å². The third-order valence-electron chi connectivity index (χ3n) is 11.0. The lowest BCUT2D eigenvalue weighted by Gasteiger charge is -2.27. The Hall–Kier alpha value is -6.74. The van der Waals surface area contributed by atoms with Gasteiger partial charge in [-0.15, -0.1) is 11.3 Å². The number of rotatable bonds is 5. The van der Waals surface area contributed by atoms with E-state index in [0.29, 0.717) is 0 Å². The molecule has 0 saturated carbocycles. The molecule has 1 heterocycles. The molecule has 1 aromatic heterocycles. The van der Waals surface area contributed by atoms with E-state index < -0.39 is 0 Å². The molecule has 11 aromatic rings. The highest BCUT2D eigenvalue weighted by Crippen LogP contribution is 2.46. The number of thiophene rings is 1. The Balaban J connectivity index is 1.08. The summed E-state index contributed by atoms with van der Waals surface area (Å²) in [5.41, 5.74) is 8.33. The van der Waals surface area contributed by atoms with Crippen LogP contribution in [0.15, 0.2) is 200 Å². The lowest BCUT2D eigenvalue weighted by atomic mass is 9.93. The Morgan fingerprint density at radius 2 is 0.741 bits per heavy atom. The second-order valence-corrected chi connectivity index (χ2v) is 15.1. The summed E-state index contributed by atoms with van der Waals surface area (Å²) in [5, 5.41) is 12.8. The van der Waals surface area contributed by atoms with Crippen molar-refractivity contribution in [3.05, 3.63) is 200 Å². The smallest absolute Gasteiger partial charge is 0.0554 e. The molecule has 0 radical (unpaired) electrons. The SMILES string of the molecule is c1ccc2c(c1)cc(-c1ccc(N(c3ccc(-c4cc5ccccc5c5ccccc45)cc3)c3cccc4sc5ccccc5c34)cc1)c1ccccc12. The van der Waals surface area contributed by atoms with Gasteiger partial charge in [-0.25, -0.2) is 0 Å². The standard InChI is InChI=1S/C52H33NS/c1-3-14-40-36(12-1)32-47(44-18-7-5-16-42(40)44)34-24-28-38(29-25-34)53(49-21-11-23-51-52(49)46-20-9-10-22-50(46)54-51)39-30-26-35(27-31-39)48-33-37-13-2-4-15-41(37)43-17-6-8-19-45(43)48/h1-33H. The Bertz CT molecular complexity index is 3050. The van der Waals surface area contributed by atoms with Gasteiger partial charge in [0.2, 0.25) is 0 Å². The van der Waals surface area contributed by atoms with Crippen LogP contribution in [0.2, 0.25) is 0 Å². The van der Waals surface area contributed by atoms with Gasteiger partial charge in [-0.1, -0.05) is 146 Å². The van der Waals surface area contributed by atoms with Crippen molar-refractivity contribution < 1.29 is 0 Å². The van der Waals surface area contributed by atoms with Gasteiger partial charge in [-0.3, -0.25) is 0 Å². The molecule has 0 N–H and O–H groups in total. The fraction of sp³-hybridized carbons (Fsp3) is 0. The maximum absolute atomic E-state index is 2.44. The normalized spacial score (nSPS) is 11.7. The van der Waals surface area contributed by atoms with Crippen molar-refractivity contribution in [1.82, 2.24) is 0 Å². The Labute approximate surface area is 317 Å². The topological polar surface area (TPSA) is 3.24 Å². The third-order valence-corrected chi connectivity index (χ3v) is 12.2. The van der Waals surface area contributed by atoms with Crippen LogP contribution >= 0.6 is 11.3 Å². The van der Waals surface area contributed by atoms with Crippen molar-refractivity contribution in [3.63, 3.8) is 0 Å². The van der Waals surface area contributed by atoms with E-state index in [4.69, 9.17) is 0 Å². The number of benzene rings is 10. The summed E-state index contributed by atoms with van der Waals surface area (Å²) >= 11 is 1.86. The highest BCUT2D eigenvalue weighted by Gasteiger charge is 2.19. The molecule has 0 unspecified atom stereocenters. The third kappa shape index (κ3) is 4.92. The van der Waals surface area contributed by atoms with E-state index in [2.05, 4.69) is 205 Å². The first kappa shape index (κ1) is 30.8. The number of nitrogens with zero attached hydrogens (tertiary/aromatic N) is 1. The molecule has 0 fully saturated rings. The predicted molar refractivity (Wildman–Crippen MR) is 235 cm³/mol. The summed E-state index contributed by atoms with van der Waals surface area (Å²) in [4.78, 5) is 2.44. The molecule has 0 aliphatic heterocycles. The maximum Gasteiger partial charge on any atom is 0.0554 e. The molecule has 0 atom stereocenters. The molecule has 0 bridgehead atoms. The lowest BCUT2D eigenvalue weighted by Crippen LogP contribution is -2.10. The molecule has 0 aliphatic rings. The predicted octanol–water partition coefficient (Wildman–Crippen LogP) is 15.5. The van der Waals surface area contributed by atoms with Crippen LogP contribution in [0, 0.1) is 0 Å². The van der Waals surface area contributed by atoms with Crippen molar-refractivity contribution in [3.8, 4) is 22.3 Å². The molecule has 54 heavy (non-hydrogen) atoms. The molecule has 10 aromatic carbocycles. The molecule has 2 heteroatoms. The van der Waals surface area contributed by atoms with Crippen molar-refractivity contribution in [2.75, 3.05) is 4.90 Å². The van der Waals surface area contributed by atoms with Crippen LogP contribution in [0.5, 0.6) is 0 Å². The van der Waals surface area contributed by atoms with Crippen LogP contribution in [0.3, 0.4) is 0 Å².